The summed E-state index contributed by atoms with van der Waals surface area (Å²) in [5.41, 5.74) is -2.64. The molecule has 25 heteroatoms. The summed E-state index contributed by atoms with van der Waals surface area (Å²) in [6.45, 7) is 0. The molecule has 6 aromatic rings. The molecule has 0 saturated carbocycles. The van der Waals surface area contributed by atoms with E-state index >= 15 is 0 Å². The summed E-state index contributed by atoms with van der Waals surface area (Å²) in [7, 11) is 2.55. The van der Waals surface area contributed by atoms with Gasteiger partial charge in [0.2, 0.25) is 0 Å². The number of hydrogen-bond donors (Lipinski definition) is 4. The van der Waals surface area contributed by atoms with Gasteiger partial charge in [-0.15, -0.1) is 0 Å². The quantitative estimate of drug-likeness (QED) is 0.0758. The topological polar surface area (TPSA) is 185 Å². The van der Waals surface area contributed by atoms with Crippen LogP contribution in [0.25, 0.3) is 21.8 Å². The van der Waals surface area contributed by atoms with E-state index in [9.17, 15) is 41.1 Å². The number of pyridine rings is 4. The Morgan fingerprint density at radius 1 is 0.678 bits per heavy atom. The van der Waals surface area contributed by atoms with E-state index in [1.165, 1.54) is 50.9 Å². The van der Waals surface area contributed by atoms with Crippen molar-refractivity contribution in [2.45, 2.75) is 12.4 Å². The highest BCUT2D eigenvalue weighted by molar-refractivity contribution is 15.0. The van der Waals surface area contributed by atoms with Gasteiger partial charge in [-0.25, -0.2) is 19.8 Å². The molecular formula is C34H22Cl4F6I2N6O7. The molecular weight excluding hydrogens is 1110 g/mol. The van der Waals surface area contributed by atoms with Crippen LogP contribution in [-0.2, 0) is 12.4 Å². The number of nitrogens with zero attached hydrogens (tertiary/aromatic N) is 5. The number of carboxylic acid groups (broad SMARTS) is 1. The van der Waals surface area contributed by atoms with Crippen molar-refractivity contribution >= 4 is 117 Å². The van der Waals surface area contributed by atoms with Crippen molar-refractivity contribution in [1.29, 1.82) is 5.41 Å². The molecule has 0 atom stereocenters. The van der Waals surface area contributed by atoms with Crippen molar-refractivity contribution in [2.24, 2.45) is 4.99 Å². The van der Waals surface area contributed by atoms with Crippen molar-refractivity contribution < 1.29 is 60.9 Å². The zero-order valence-corrected chi connectivity index (χ0v) is 36.5. The van der Waals surface area contributed by atoms with Gasteiger partial charge in [-0.05, 0) is 48.5 Å². The van der Waals surface area contributed by atoms with Crippen molar-refractivity contribution in [2.75, 3.05) is 14.2 Å². The van der Waals surface area contributed by atoms with Gasteiger partial charge in [0.25, 0.3) is 5.91 Å². The third-order valence-corrected chi connectivity index (χ3v) is 8.37. The number of rotatable bonds is 4. The summed E-state index contributed by atoms with van der Waals surface area (Å²) in [6, 6.07) is 8.90. The number of aromatic carboxylic acids is 1. The first kappa shape index (κ1) is 49.1. The Bertz CT molecular complexity index is 2620. The molecule has 314 valence electrons. The van der Waals surface area contributed by atoms with Crippen LogP contribution in [-0.4, -0.2) is 61.0 Å². The molecule has 0 aliphatic rings. The smallest absolute Gasteiger partial charge is 0.433 e. The van der Waals surface area contributed by atoms with Gasteiger partial charge >= 0.3 is 18.3 Å². The summed E-state index contributed by atoms with van der Waals surface area (Å²) in [5.74, 6) is -1.90. The van der Waals surface area contributed by atoms with E-state index in [1.807, 2.05) is 0 Å². The first-order valence-corrected chi connectivity index (χ1v) is 23.0. The second-order valence-electron chi connectivity index (χ2n) is 10.9. The molecule has 0 unspecified atom stereocenters. The normalized spacial score (nSPS) is 10.9. The zero-order valence-electron chi connectivity index (χ0n) is 29.2. The molecule has 2 aromatic carbocycles. The third-order valence-electron chi connectivity index (χ3n) is 7.25. The molecule has 59 heavy (non-hydrogen) atoms. The van der Waals surface area contributed by atoms with Crippen LogP contribution in [0.2, 0.25) is 20.1 Å². The molecule has 13 nitrogen and oxygen atoms in total. The Morgan fingerprint density at radius 2 is 1.05 bits per heavy atom. The van der Waals surface area contributed by atoms with Gasteiger partial charge in [0.05, 0.1) is 75.6 Å². The van der Waals surface area contributed by atoms with Crippen molar-refractivity contribution in [3.8, 4) is 11.5 Å². The van der Waals surface area contributed by atoms with Gasteiger partial charge in [0, 0.05) is 48.0 Å². The van der Waals surface area contributed by atoms with Gasteiger partial charge in [0.15, 0.2) is 0 Å². The Kier molecular flexibility index (Phi) is 17.3. The Labute approximate surface area is 370 Å². The summed E-state index contributed by atoms with van der Waals surface area (Å²) >= 11 is 27.0. The number of hydrogen-bond acceptors (Lipinski definition) is 9. The van der Waals surface area contributed by atoms with Crippen molar-refractivity contribution in [3.63, 3.8) is 0 Å². The molecule has 4 aromatic heterocycles. The summed E-state index contributed by atoms with van der Waals surface area (Å²) < 4.78 is 88.0. The Balaban J connectivity index is 0.000000258. The maximum Gasteiger partial charge on any atom is 0.433 e. The lowest BCUT2D eigenvalue weighted by Crippen LogP contribution is -2.13. The van der Waals surface area contributed by atoms with Gasteiger partial charge in [0.1, 0.15) is 39.3 Å². The lowest BCUT2D eigenvalue weighted by Gasteiger charge is -2.11. The number of benzene rings is 2. The van der Waals surface area contributed by atoms with E-state index in [4.69, 9.17) is 71.6 Å². The molecule has 0 radical (unpaired) electrons. The zero-order chi connectivity index (χ0) is 44.6. The van der Waals surface area contributed by atoms with Crippen molar-refractivity contribution in [3.05, 3.63) is 127 Å². The van der Waals surface area contributed by atoms with E-state index in [1.54, 1.807) is 0 Å². The molecule has 0 aliphatic heterocycles. The molecule has 0 spiro atoms. The molecule has 0 bridgehead atoms. The van der Waals surface area contributed by atoms with E-state index < -0.39 is 35.6 Å². The minimum atomic E-state index is -4.66. The van der Waals surface area contributed by atoms with Crippen LogP contribution < -0.4 is 20.2 Å². The van der Waals surface area contributed by atoms with Crippen LogP contribution in [0.5, 0.6) is 11.5 Å². The molecule has 0 fully saturated rings. The molecule has 0 saturated heterocycles. The Hall–Kier alpha value is -4.30. The summed E-state index contributed by atoms with van der Waals surface area (Å²) in [4.78, 5) is 34.5. The average molecular weight is 1140 g/mol. The van der Waals surface area contributed by atoms with Crippen LogP contribution >= 0.6 is 83.6 Å². The fourth-order valence-corrected chi connectivity index (χ4v) is 5.68. The first-order valence-electron chi connectivity index (χ1n) is 15.2. The van der Waals surface area contributed by atoms with Crippen LogP contribution in [0.3, 0.4) is 0 Å². The predicted octanol–water partition coefficient (Wildman–Crippen LogP) is 10.6. The minimum Gasteiger partial charge on any atom is -0.494 e. The largest absolute Gasteiger partial charge is 0.494 e. The van der Waals surface area contributed by atoms with Crippen LogP contribution in [0.1, 0.15) is 32.1 Å². The highest BCUT2D eigenvalue weighted by Crippen LogP contribution is 2.35. The van der Waals surface area contributed by atoms with Gasteiger partial charge < -0.3 is 25.0 Å². The number of amides is 1. The number of halogens is 12. The highest BCUT2D eigenvalue weighted by atomic mass is 128. The number of carbonyl (C=O) groups is 2. The number of carbonyl (C=O) groups excluding carboxylic acids is 1. The molecule has 0 aliphatic carbocycles. The van der Waals surface area contributed by atoms with E-state index in [2.05, 4.69) is 52.2 Å². The fraction of sp³-hybridized carbons (Fsp3) is 0.118. The van der Waals surface area contributed by atoms with E-state index in [-0.39, 0.29) is 75.2 Å². The second-order valence-corrected chi connectivity index (χ2v) is 12.6. The standard InChI is InChI=1S/C17H10Cl2F3N3O3.C12H8F3NO3.C5H4Cl2N2O.I2/c1-28-12-4-2-9(8-3-5-13(17(20,21)22)23-14(8)12)16(26)24-15-10(18)6-25(27)7-11(15)19;1-19-8-4-2-7(11(17)18)6-3-5-9(12(13,14)15)16-10(6)8;6-3-1-9(10)2-4(7)5(3)8;1-2/h2-7,27H,1H3;2-5H,1H3,(H,17,18);1-2,8,10H;. The fourth-order valence-electron chi connectivity index (χ4n) is 4.69. The summed E-state index contributed by atoms with van der Waals surface area (Å²) in [6.07, 6.45) is -4.73. The number of nitrogens with one attached hydrogen (secondary N) is 1. The predicted molar refractivity (Wildman–Crippen MR) is 221 cm³/mol. The number of carboxylic acids is 1. The van der Waals surface area contributed by atoms with Gasteiger partial charge in [-0.3, -0.25) is 10.2 Å². The molecule has 4 N–H and O–H groups in total. The lowest BCUT2D eigenvalue weighted by atomic mass is 10.1. The number of alkyl halides is 6. The van der Waals surface area contributed by atoms with Crippen LogP contribution in [0.15, 0.2) is 78.3 Å². The highest BCUT2D eigenvalue weighted by Gasteiger charge is 2.34. The molecule has 4 heterocycles. The SMILES string of the molecule is COc1ccc(C(=O)N=c2c(Cl)cn(O)cc2Cl)c2ccc(C(F)(F)F)nc12.COc1ccc(C(=O)O)c2ccc(C(F)(F)F)nc12.II.N=c1c(Cl)cn(O)cc1Cl. The number of aromatic nitrogens is 4. The number of fused-ring (bicyclic) bond motifs is 2. The lowest BCUT2D eigenvalue weighted by molar-refractivity contribution is -0.141. The van der Waals surface area contributed by atoms with Crippen molar-refractivity contribution in [1.82, 2.24) is 19.4 Å². The van der Waals surface area contributed by atoms with Gasteiger partial charge in [-0.1, -0.05) is 46.4 Å². The van der Waals surface area contributed by atoms with Crippen LogP contribution in [0, 0.1) is 5.41 Å². The van der Waals surface area contributed by atoms with Gasteiger partial charge in [-0.2, -0.15) is 35.8 Å². The average Bonchev–Trinajstić information content (AvgIpc) is 3.17. The minimum absolute atomic E-state index is 0.0219. The van der Waals surface area contributed by atoms with E-state index in [0.717, 1.165) is 36.7 Å². The van der Waals surface area contributed by atoms with E-state index in [0.29, 0.717) is 9.46 Å². The second kappa shape index (κ2) is 20.8. The monoisotopic (exact) mass is 1130 g/mol. The maximum atomic E-state index is 13.0. The maximum absolute atomic E-state index is 13.0. The molecule has 1 amide bonds. The first-order chi connectivity index (χ1) is 27.6. The summed E-state index contributed by atoms with van der Waals surface area (Å²) in [5, 5.41) is 34.5. The number of methoxy groups -OCH3 is 2. The molecule has 6 rings (SSSR count). The third kappa shape index (κ3) is 12.4. The number of ether oxygens (including phenoxy) is 2. The van der Waals surface area contributed by atoms with Crippen LogP contribution in [0.4, 0.5) is 26.3 Å². The Morgan fingerprint density at radius 3 is 1.42 bits per heavy atom.